The van der Waals surface area contributed by atoms with Gasteiger partial charge < -0.3 is 9.84 Å². The number of hydrogen-bond donors (Lipinski definition) is 1. The molecule has 0 radical (unpaired) electrons. The fourth-order valence-corrected chi connectivity index (χ4v) is 1.97. The summed E-state index contributed by atoms with van der Waals surface area (Å²) in [6.07, 6.45) is 1.49. The number of methoxy groups -OCH3 is 1. The highest BCUT2D eigenvalue weighted by molar-refractivity contribution is 5.87. The van der Waals surface area contributed by atoms with Gasteiger partial charge in [-0.2, -0.15) is 0 Å². The number of hydrogen-bond acceptors (Lipinski definition) is 4. The topological polar surface area (TPSA) is 76.0 Å². The third-order valence-electron chi connectivity index (χ3n) is 3.48. The Labute approximate surface area is 148 Å². The molecule has 5 heteroatoms. The highest BCUT2D eigenvalue weighted by atomic mass is 16.5. The van der Waals surface area contributed by atoms with Crippen LogP contribution in [0.4, 0.5) is 0 Å². The molecule has 0 aliphatic rings. The van der Waals surface area contributed by atoms with Gasteiger partial charge in [0.25, 0.3) is 0 Å². The van der Waals surface area contributed by atoms with E-state index in [-0.39, 0.29) is 5.41 Å². The summed E-state index contributed by atoms with van der Waals surface area (Å²) in [4.78, 5) is 23.8. The molecule has 2 aromatic carbocycles. The average Bonchev–Trinajstić information content (AvgIpc) is 2.60. The molecule has 132 valence electrons. The van der Waals surface area contributed by atoms with E-state index >= 15 is 0 Å². The van der Waals surface area contributed by atoms with Crippen molar-refractivity contribution in [2.45, 2.75) is 32.7 Å². The zero-order chi connectivity index (χ0) is 18.9. The van der Waals surface area contributed by atoms with Crippen LogP contribution in [-0.4, -0.2) is 24.3 Å². The van der Waals surface area contributed by atoms with E-state index in [9.17, 15) is 9.59 Å². The molecular weight excluding hydrogens is 318 g/mol. The van der Waals surface area contributed by atoms with E-state index in [4.69, 9.17) is 9.84 Å². The van der Waals surface area contributed by atoms with Crippen LogP contribution in [0.15, 0.2) is 53.5 Å². The van der Waals surface area contributed by atoms with Gasteiger partial charge in [-0.1, -0.05) is 45.0 Å². The lowest BCUT2D eigenvalue weighted by Crippen LogP contribution is -2.11. The van der Waals surface area contributed by atoms with Gasteiger partial charge in [-0.15, -0.1) is 0 Å². The molecule has 0 aliphatic carbocycles. The van der Waals surface area contributed by atoms with Crippen LogP contribution in [0.25, 0.3) is 0 Å². The summed E-state index contributed by atoms with van der Waals surface area (Å²) in [6.45, 7) is 6.68. The monoisotopic (exact) mass is 341 g/mol. The highest BCUT2D eigenvalue weighted by Crippen LogP contribution is 2.22. The van der Waals surface area contributed by atoms with Crippen molar-refractivity contribution in [3.05, 3.63) is 65.2 Å². The standard InChI is InChI=1S/C11H14O2.C9H9NO2/c1-11(2,3)9-6-4-8(5-7-9)10(12)13;1-12-9-4-2-8(3-5-9)6-10-7-11/h4-7H,1-3H3,(H,12,13);2-5H,6H2,1H3. The van der Waals surface area contributed by atoms with Gasteiger partial charge in [0, 0.05) is 0 Å². The van der Waals surface area contributed by atoms with Crippen molar-refractivity contribution >= 4 is 12.0 Å². The number of carbonyl (C=O) groups excluding carboxylic acids is 1. The molecule has 0 unspecified atom stereocenters. The smallest absolute Gasteiger partial charge is 0.335 e. The summed E-state index contributed by atoms with van der Waals surface area (Å²) in [7, 11) is 1.61. The molecule has 0 saturated carbocycles. The summed E-state index contributed by atoms with van der Waals surface area (Å²) in [5.41, 5.74) is 2.54. The Morgan fingerprint density at radius 1 is 1.08 bits per heavy atom. The molecule has 0 heterocycles. The first kappa shape index (κ1) is 20.1. The third kappa shape index (κ3) is 7.02. The van der Waals surface area contributed by atoms with Crippen molar-refractivity contribution in [1.29, 1.82) is 0 Å². The molecule has 0 fully saturated rings. The van der Waals surface area contributed by atoms with Gasteiger partial charge in [-0.05, 0) is 40.8 Å². The van der Waals surface area contributed by atoms with Gasteiger partial charge in [0.15, 0.2) is 0 Å². The van der Waals surface area contributed by atoms with Crippen LogP contribution < -0.4 is 4.74 Å². The molecule has 0 saturated heterocycles. The summed E-state index contributed by atoms with van der Waals surface area (Å²) >= 11 is 0. The highest BCUT2D eigenvalue weighted by Gasteiger charge is 2.13. The SMILES string of the molecule is CC(C)(C)c1ccc(C(=O)O)cc1.COc1ccc(CN=C=O)cc1. The van der Waals surface area contributed by atoms with Crippen LogP contribution in [0.5, 0.6) is 5.75 Å². The van der Waals surface area contributed by atoms with Crippen molar-refractivity contribution in [1.82, 2.24) is 0 Å². The van der Waals surface area contributed by atoms with Crippen molar-refractivity contribution in [3.63, 3.8) is 0 Å². The minimum Gasteiger partial charge on any atom is -0.497 e. The lowest BCUT2D eigenvalue weighted by Gasteiger charge is -2.18. The van der Waals surface area contributed by atoms with Gasteiger partial charge in [-0.3, -0.25) is 0 Å². The number of ether oxygens (including phenoxy) is 1. The second kappa shape index (κ2) is 9.40. The number of carboxylic acid groups (broad SMARTS) is 1. The molecule has 0 bridgehead atoms. The number of aliphatic imine (C=N–C) groups is 1. The predicted molar refractivity (Wildman–Crippen MR) is 96.9 cm³/mol. The van der Waals surface area contributed by atoms with Gasteiger partial charge in [-0.25, -0.2) is 14.6 Å². The first-order valence-electron chi connectivity index (χ1n) is 7.78. The zero-order valence-electron chi connectivity index (χ0n) is 14.9. The summed E-state index contributed by atoms with van der Waals surface area (Å²) in [5.74, 6) is -0.0747. The molecular formula is C20H23NO4. The summed E-state index contributed by atoms with van der Waals surface area (Å²) in [6, 6.07) is 14.4. The van der Waals surface area contributed by atoms with E-state index in [2.05, 4.69) is 25.8 Å². The Morgan fingerprint density at radius 2 is 1.64 bits per heavy atom. The normalized spacial score (nSPS) is 10.1. The molecule has 0 aromatic heterocycles. The maximum Gasteiger partial charge on any atom is 0.335 e. The predicted octanol–water partition coefficient (Wildman–Crippen LogP) is 4.21. The van der Waals surface area contributed by atoms with Crippen molar-refractivity contribution in [2.24, 2.45) is 4.99 Å². The molecule has 25 heavy (non-hydrogen) atoms. The molecule has 0 atom stereocenters. The minimum absolute atomic E-state index is 0.0804. The molecule has 0 aliphatic heterocycles. The van der Waals surface area contributed by atoms with Crippen LogP contribution in [0, 0.1) is 0 Å². The maximum absolute atomic E-state index is 10.6. The number of nitrogens with zero attached hydrogens (tertiary/aromatic N) is 1. The van der Waals surface area contributed by atoms with E-state index in [0.29, 0.717) is 12.1 Å². The quantitative estimate of drug-likeness (QED) is 0.667. The van der Waals surface area contributed by atoms with E-state index in [1.807, 2.05) is 36.4 Å². The van der Waals surface area contributed by atoms with Gasteiger partial charge in [0.1, 0.15) is 5.75 Å². The first-order chi connectivity index (χ1) is 11.8. The molecule has 1 N–H and O–H groups in total. The Kier molecular flexibility index (Phi) is 7.57. The van der Waals surface area contributed by atoms with Crippen molar-refractivity contribution < 1.29 is 19.4 Å². The summed E-state index contributed by atoms with van der Waals surface area (Å²) in [5, 5.41) is 8.68. The third-order valence-corrected chi connectivity index (χ3v) is 3.48. The van der Waals surface area contributed by atoms with Gasteiger partial charge in [0.2, 0.25) is 6.08 Å². The van der Waals surface area contributed by atoms with Gasteiger partial charge >= 0.3 is 5.97 Å². The lowest BCUT2D eigenvalue weighted by molar-refractivity contribution is 0.0697. The van der Waals surface area contributed by atoms with Crippen LogP contribution in [0.2, 0.25) is 0 Å². The Hall–Kier alpha value is -2.91. The fourth-order valence-electron chi connectivity index (χ4n) is 1.97. The van der Waals surface area contributed by atoms with E-state index in [1.54, 1.807) is 19.2 Å². The van der Waals surface area contributed by atoms with E-state index in [1.165, 1.54) is 6.08 Å². The van der Waals surface area contributed by atoms with Crippen LogP contribution in [0.1, 0.15) is 42.3 Å². The lowest BCUT2D eigenvalue weighted by atomic mass is 9.87. The zero-order valence-corrected chi connectivity index (χ0v) is 14.9. The second-order valence-electron chi connectivity index (χ2n) is 6.39. The fraction of sp³-hybridized carbons (Fsp3) is 0.300. The van der Waals surface area contributed by atoms with Crippen LogP contribution >= 0.6 is 0 Å². The van der Waals surface area contributed by atoms with Crippen molar-refractivity contribution in [2.75, 3.05) is 7.11 Å². The van der Waals surface area contributed by atoms with Gasteiger partial charge in [0.05, 0.1) is 19.2 Å². The molecule has 0 amide bonds. The van der Waals surface area contributed by atoms with E-state index in [0.717, 1.165) is 16.9 Å². The largest absolute Gasteiger partial charge is 0.497 e. The molecule has 2 rings (SSSR count). The average molecular weight is 341 g/mol. The molecule has 5 nitrogen and oxygen atoms in total. The number of isocyanates is 1. The Bertz CT molecular complexity index is 722. The van der Waals surface area contributed by atoms with Crippen LogP contribution in [-0.2, 0) is 16.8 Å². The van der Waals surface area contributed by atoms with Crippen molar-refractivity contribution in [3.8, 4) is 5.75 Å². The summed E-state index contributed by atoms with van der Waals surface area (Å²) < 4.78 is 4.97. The molecule has 2 aromatic rings. The number of benzene rings is 2. The second-order valence-corrected chi connectivity index (χ2v) is 6.39. The van der Waals surface area contributed by atoms with E-state index < -0.39 is 5.97 Å². The number of carbonyl (C=O) groups is 1. The number of aromatic carboxylic acids is 1. The first-order valence-corrected chi connectivity index (χ1v) is 7.78. The Morgan fingerprint density at radius 3 is 2.04 bits per heavy atom. The van der Waals surface area contributed by atoms with Crippen LogP contribution in [0.3, 0.4) is 0 Å². The molecule has 0 spiro atoms. The number of rotatable bonds is 4. The minimum atomic E-state index is -0.875. The Balaban J connectivity index is 0.000000251. The maximum atomic E-state index is 10.6. The number of carboxylic acids is 1.